The lowest BCUT2D eigenvalue weighted by molar-refractivity contribution is -0.116. The van der Waals surface area contributed by atoms with Crippen LogP contribution in [0, 0.1) is 0 Å². The zero-order valence-corrected chi connectivity index (χ0v) is 13.6. The van der Waals surface area contributed by atoms with Crippen LogP contribution < -0.4 is 10.6 Å². The van der Waals surface area contributed by atoms with Crippen molar-refractivity contribution in [3.05, 3.63) is 59.4 Å². The highest BCUT2D eigenvalue weighted by molar-refractivity contribution is 5.97. The van der Waals surface area contributed by atoms with E-state index in [0.717, 1.165) is 40.7 Å². The monoisotopic (exact) mass is 334 g/mol. The molecule has 0 saturated carbocycles. The Hall–Kier alpha value is -3.15. The van der Waals surface area contributed by atoms with Gasteiger partial charge >= 0.3 is 0 Å². The van der Waals surface area contributed by atoms with Gasteiger partial charge in [-0.15, -0.1) is 0 Å². The normalized spacial score (nSPS) is 13.4. The topological polar surface area (TPSA) is 86.9 Å². The quantitative estimate of drug-likeness (QED) is 0.685. The van der Waals surface area contributed by atoms with Crippen LogP contribution >= 0.6 is 0 Å². The molecule has 0 saturated heterocycles. The van der Waals surface area contributed by atoms with E-state index in [1.54, 1.807) is 18.5 Å². The van der Waals surface area contributed by atoms with Gasteiger partial charge in [-0.25, -0.2) is 4.98 Å². The van der Waals surface area contributed by atoms with Gasteiger partial charge in [-0.05, 0) is 48.2 Å². The second-order valence-corrected chi connectivity index (χ2v) is 6.18. The van der Waals surface area contributed by atoms with Gasteiger partial charge in [0.2, 0.25) is 5.91 Å². The molecule has 0 radical (unpaired) electrons. The van der Waals surface area contributed by atoms with Crippen molar-refractivity contribution in [2.45, 2.75) is 19.3 Å². The summed E-state index contributed by atoms with van der Waals surface area (Å²) in [5.74, 6) is -0.0246. The van der Waals surface area contributed by atoms with Crippen LogP contribution in [0.5, 0.6) is 0 Å². The van der Waals surface area contributed by atoms with Crippen molar-refractivity contribution in [1.29, 1.82) is 0 Å². The van der Waals surface area contributed by atoms with Crippen molar-refractivity contribution in [2.75, 3.05) is 11.9 Å². The van der Waals surface area contributed by atoms with Crippen molar-refractivity contribution in [1.82, 2.24) is 15.3 Å². The number of aryl methyl sites for hydroxylation is 1. The van der Waals surface area contributed by atoms with Crippen molar-refractivity contribution in [2.24, 2.45) is 0 Å². The molecule has 1 aliphatic heterocycles. The highest BCUT2D eigenvalue weighted by Gasteiger charge is 2.14. The van der Waals surface area contributed by atoms with Gasteiger partial charge in [-0.2, -0.15) is 0 Å². The first-order valence-electron chi connectivity index (χ1n) is 8.32. The molecule has 2 amide bonds. The number of carbonyl (C=O) groups is 2. The summed E-state index contributed by atoms with van der Waals surface area (Å²) < 4.78 is 0. The number of hydrogen-bond acceptors (Lipinski definition) is 3. The Morgan fingerprint density at radius 3 is 3.00 bits per heavy atom. The van der Waals surface area contributed by atoms with Gasteiger partial charge in [0.15, 0.2) is 0 Å². The number of carbonyl (C=O) groups excluding carboxylic acids is 2. The molecule has 6 nitrogen and oxygen atoms in total. The Bertz CT molecular complexity index is 961. The fourth-order valence-electron chi connectivity index (χ4n) is 3.09. The van der Waals surface area contributed by atoms with Crippen LogP contribution in [-0.2, 0) is 17.6 Å². The second kappa shape index (κ2) is 6.39. The summed E-state index contributed by atoms with van der Waals surface area (Å²) in [6.45, 7) is 0.561. The van der Waals surface area contributed by atoms with Crippen LogP contribution in [0.15, 0.2) is 42.7 Å². The minimum absolute atomic E-state index is 0.0711. The Balaban J connectivity index is 1.37. The molecule has 0 unspecified atom stereocenters. The molecule has 0 aliphatic carbocycles. The number of hydrogen-bond donors (Lipinski definition) is 3. The second-order valence-electron chi connectivity index (χ2n) is 6.18. The standard InChI is InChI=1S/C19H18N4O2/c24-18-6-3-13-9-12(1-4-15(13)23-18)7-8-20-19(25)14-2-5-16-17(10-14)22-11-21-16/h1-2,4-5,9-11H,3,6-8H2,(H,20,25)(H,21,22)(H,23,24). The predicted octanol–water partition coefficient (Wildman–Crippen LogP) is 2.42. The number of benzene rings is 2. The maximum atomic E-state index is 12.3. The maximum Gasteiger partial charge on any atom is 0.251 e. The van der Waals surface area contributed by atoms with E-state index in [4.69, 9.17) is 0 Å². The van der Waals surface area contributed by atoms with Crippen LogP contribution in [0.1, 0.15) is 27.9 Å². The van der Waals surface area contributed by atoms with E-state index in [0.29, 0.717) is 18.5 Å². The number of anilines is 1. The molecular formula is C19H18N4O2. The number of aromatic amines is 1. The van der Waals surface area contributed by atoms with Crippen LogP contribution in [0.3, 0.4) is 0 Å². The maximum absolute atomic E-state index is 12.3. The molecule has 2 heterocycles. The van der Waals surface area contributed by atoms with Crippen molar-refractivity contribution in [3.63, 3.8) is 0 Å². The molecule has 0 fully saturated rings. The molecule has 126 valence electrons. The van der Waals surface area contributed by atoms with Gasteiger partial charge < -0.3 is 15.6 Å². The first-order valence-corrected chi connectivity index (χ1v) is 8.32. The summed E-state index contributed by atoms with van der Waals surface area (Å²) >= 11 is 0. The van der Waals surface area contributed by atoms with Gasteiger partial charge in [0, 0.05) is 24.2 Å². The molecule has 1 aliphatic rings. The van der Waals surface area contributed by atoms with E-state index in [1.165, 1.54) is 0 Å². The summed E-state index contributed by atoms with van der Waals surface area (Å²) in [5.41, 5.74) is 5.52. The van der Waals surface area contributed by atoms with E-state index in [2.05, 4.69) is 26.7 Å². The van der Waals surface area contributed by atoms with E-state index in [1.807, 2.05) is 18.2 Å². The number of rotatable bonds is 4. The molecular weight excluding hydrogens is 316 g/mol. The molecule has 2 aromatic carbocycles. The average molecular weight is 334 g/mol. The van der Waals surface area contributed by atoms with Crippen LogP contribution in [0.25, 0.3) is 11.0 Å². The smallest absolute Gasteiger partial charge is 0.251 e. The highest BCUT2D eigenvalue weighted by Crippen LogP contribution is 2.23. The summed E-state index contributed by atoms with van der Waals surface area (Å²) in [6, 6.07) is 11.5. The third-order valence-electron chi connectivity index (χ3n) is 4.45. The van der Waals surface area contributed by atoms with Crippen LogP contribution in [0.2, 0.25) is 0 Å². The fourth-order valence-corrected chi connectivity index (χ4v) is 3.09. The van der Waals surface area contributed by atoms with E-state index in [-0.39, 0.29) is 11.8 Å². The Labute approximate surface area is 144 Å². The number of H-pyrrole nitrogens is 1. The largest absolute Gasteiger partial charge is 0.352 e. The zero-order chi connectivity index (χ0) is 17.2. The Morgan fingerprint density at radius 1 is 1.16 bits per heavy atom. The van der Waals surface area contributed by atoms with Crippen LogP contribution in [0.4, 0.5) is 5.69 Å². The van der Waals surface area contributed by atoms with Gasteiger partial charge in [-0.3, -0.25) is 9.59 Å². The van der Waals surface area contributed by atoms with Gasteiger partial charge in [0.05, 0.1) is 17.4 Å². The molecule has 1 aromatic heterocycles. The zero-order valence-electron chi connectivity index (χ0n) is 13.6. The Morgan fingerprint density at radius 2 is 2.08 bits per heavy atom. The molecule has 3 N–H and O–H groups in total. The number of fused-ring (bicyclic) bond motifs is 2. The molecule has 6 heteroatoms. The summed E-state index contributed by atoms with van der Waals surface area (Å²) in [6.07, 6.45) is 3.67. The number of nitrogens with zero attached hydrogens (tertiary/aromatic N) is 1. The summed E-state index contributed by atoms with van der Waals surface area (Å²) in [5, 5.41) is 5.83. The third kappa shape index (κ3) is 3.24. The summed E-state index contributed by atoms with van der Waals surface area (Å²) in [4.78, 5) is 30.8. The lowest BCUT2D eigenvalue weighted by Crippen LogP contribution is -2.25. The minimum Gasteiger partial charge on any atom is -0.352 e. The molecule has 3 aromatic rings. The van der Waals surface area contributed by atoms with Crippen LogP contribution in [-0.4, -0.2) is 28.3 Å². The highest BCUT2D eigenvalue weighted by atomic mass is 16.2. The van der Waals surface area contributed by atoms with Crippen molar-refractivity contribution >= 4 is 28.5 Å². The molecule has 25 heavy (non-hydrogen) atoms. The number of imidazole rings is 1. The Kier molecular flexibility index (Phi) is 3.93. The lowest BCUT2D eigenvalue weighted by Gasteiger charge is -2.17. The predicted molar refractivity (Wildman–Crippen MR) is 95.5 cm³/mol. The lowest BCUT2D eigenvalue weighted by atomic mass is 9.99. The molecule has 0 atom stereocenters. The van der Waals surface area contributed by atoms with E-state index >= 15 is 0 Å². The van der Waals surface area contributed by atoms with Crippen molar-refractivity contribution < 1.29 is 9.59 Å². The first kappa shape index (κ1) is 15.4. The van der Waals surface area contributed by atoms with Gasteiger partial charge in [-0.1, -0.05) is 12.1 Å². The van der Waals surface area contributed by atoms with Gasteiger partial charge in [0.1, 0.15) is 0 Å². The van der Waals surface area contributed by atoms with Crippen molar-refractivity contribution in [3.8, 4) is 0 Å². The van der Waals surface area contributed by atoms with Gasteiger partial charge in [0.25, 0.3) is 5.91 Å². The molecule has 0 spiro atoms. The number of aromatic nitrogens is 2. The van der Waals surface area contributed by atoms with E-state index < -0.39 is 0 Å². The SMILES string of the molecule is O=C1CCc2cc(CCNC(=O)c3ccc4nc[nH]c4c3)ccc2N1. The number of amides is 2. The number of nitrogens with one attached hydrogen (secondary N) is 3. The summed E-state index contributed by atoms with van der Waals surface area (Å²) in [7, 11) is 0. The average Bonchev–Trinajstić information content (AvgIpc) is 3.09. The third-order valence-corrected chi connectivity index (χ3v) is 4.45. The minimum atomic E-state index is -0.0956. The fraction of sp³-hybridized carbons (Fsp3) is 0.211. The van der Waals surface area contributed by atoms with E-state index in [9.17, 15) is 9.59 Å². The molecule has 4 rings (SSSR count). The first-order chi connectivity index (χ1) is 12.2. The molecule has 0 bridgehead atoms.